The van der Waals surface area contributed by atoms with Crippen LogP contribution in [0, 0.1) is 23.7 Å². The molecule has 2 heterocycles. The molecular weight excluding hydrogens is 624 g/mol. The van der Waals surface area contributed by atoms with Crippen LogP contribution in [0.15, 0.2) is 30.3 Å². The minimum absolute atomic E-state index is 0.0910. The number of esters is 1. The predicted molar refractivity (Wildman–Crippen MR) is 178 cm³/mol. The van der Waals surface area contributed by atoms with Crippen molar-refractivity contribution in [3.63, 3.8) is 0 Å². The van der Waals surface area contributed by atoms with Gasteiger partial charge in [-0.25, -0.2) is 4.79 Å². The number of urea groups is 1. The highest BCUT2D eigenvalue weighted by molar-refractivity contribution is 5.89. The zero-order valence-electron chi connectivity index (χ0n) is 29.7. The standard InChI is InChI=1S/C35H58N2O11/c1-10-25-35(8,45)29(41)20(4)26(38)18(2)17-34(7,44)30(21(5)27(39)22(6)31(42)47-25)48-32-28(40)24(16-19(3)46-32)37(9)33(43)36-23-14-12-11-13-15-23/h11-15,18-22,24-30,32,38-41,44-45H,10,16-17H2,1-9H3,(H,36,43)/t18-,19-,20+,21+,22-,24?,25-,26+,27+,28-,29-,30-,32+,34-,35-/m1/s1. The van der Waals surface area contributed by atoms with Crippen LogP contribution < -0.4 is 5.32 Å². The van der Waals surface area contributed by atoms with Crippen molar-refractivity contribution in [1.29, 1.82) is 0 Å². The molecule has 2 amide bonds. The number of anilines is 1. The van der Waals surface area contributed by atoms with Crippen molar-refractivity contribution in [3.8, 4) is 0 Å². The van der Waals surface area contributed by atoms with Crippen LogP contribution in [0.3, 0.4) is 0 Å². The maximum Gasteiger partial charge on any atom is 0.321 e. The first kappa shape index (κ1) is 40.1. The average molecular weight is 683 g/mol. The predicted octanol–water partition coefficient (Wildman–Crippen LogP) is 2.25. The lowest BCUT2D eigenvalue weighted by Crippen LogP contribution is -2.61. The van der Waals surface area contributed by atoms with E-state index in [0.29, 0.717) is 5.69 Å². The van der Waals surface area contributed by atoms with Crippen molar-refractivity contribution >= 4 is 17.7 Å². The molecule has 2 aliphatic rings. The minimum atomic E-state index is -1.92. The number of aliphatic hydroxyl groups excluding tert-OH is 4. The number of nitrogens with zero attached hydrogens (tertiary/aromatic N) is 1. The van der Waals surface area contributed by atoms with E-state index in [1.807, 2.05) is 6.07 Å². The second-order valence-electron chi connectivity index (χ2n) is 14.6. The van der Waals surface area contributed by atoms with Gasteiger partial charge in [-0.3, -0.25) is 4.79 Å². The molecule has 2 saturated heterocycles. The summed E-state index contributed by atoms with van der Waals surface area (Å²) in [6.45, 7) is 12.6. The SMILES string of the molecule is CC[C@H]1OC(=O)[C@H](C)[C@@H](O)[C@H](C)[C@@H](O[C@@H]2O[C@H](C)CC(N(C)C(=O)Nc3ccccc3)[C@H]2O)[C@](C)(O)C[C@@H](C)[C@H](O)[C@H](C)[C@@H](O)[C@]1(C)O. The van der Waals surface area contributed by atoms with Crippen LogP contribution in [0.1, 0.15) is 74.7 Å². The third-order valence-electron chi connectivity index (χ3n) is 10.5. The van der Waals surface area contributed by atoms with Crippen molar-refractivity contribution < 1.29 is 54.4 Å². The molecule has 13 nitrogen and oxygen atoms in total. The highest BCUT2D eigenvalue weighted by Gasteiger charge is 2.51. The van der Waals surface area contributed by atoms with Crippen LogP contribution in [0.4, 0.5) is 10.5 Å². The van der Waals surface area contributed by atoms with Gasteiger partial charge in [-0.15, -0.1) is 0 Å². The van der Waals surface area contributed by atoms with Gasteiger partial charge >= 0.3 is 12.0 Å². The van der Waals surface area contributed by atoms with Crippen LogP contribution in [0.5, 0.6) is 0 Å². The third kappa shape index (κ3) is 8.86. The van der Waals surface area contributed by atoms with Crippen LogP contribution in [0.25, 0.3) is 0 Å². The highest BCUT2D eigenvalue weighted by Crippen LogP contribution is 2.38. The summed E-state index contributed by atoms with van der Waals surface area (Å²) < 4.78 is 18.0. The number of ether oxygens (including phenoxy) is 3. The minimum Gasteiger partial charge on any atom is -0.459 e. The van der Waals surface area contributed by atoms with Crippen molar-refractivity contribution in [2.24, 2.45) is 23.7 Å². The Hall–Kier alpha value is -2.36. The van der Waals surface area contributed by atoms with E-state index in [2.05, 4.69) is 5.32 Å². The number of carbonyl (C=O) groups excluding carboxylic acids is 2. The number of carbonyl (C=O) groups is 2. The molecule has 0 aromatic heterocycles. The molecule has 13 heteroatoms. The normalized spacial score (nSPS) is 43.5. The van der Waals surface area contributed by atoms with E-state index in [0.717, 1.165) is 0 Å². The van der Waals surface area contributed by atoms with Gasteiger partial charge in [0.2, 0.25) is 0 Å². The molecule has 2 aliphatic heterocycles. The smallest absolute Gasteiger partial charge is 0.321 e. The molecule has 1 aromatic rings. The fraction of sp³-hybridized carbons (Fsp3) is 0.771. The van der Waals surface area contributed by atoms with Crippen molar-refractivity contribution in [2.45, 2.75) is 141 Å². The first-order valence-corrected chi connectivity index (χ1v) is 17.0. The summed E-state index contributed by atoms with van der Waals surface area (Å²) in [5, 5.41) is 71.7. The Balaban J connectivity index is 1.96. The summed E-state index contributed by atoms with van der Waals surface area (Å²) in [5.41, 5.74) is -3.13. The Morgan fingerprint density at radius 2 is 1.58 bits per heavy atom. The van der Waals surface area contributed by atoms with E-state index in [9.17, 15) is 40.2 Å². The number of hydrogen-bond donors (Lipinski definition) is 7. The van der Waals surface area contributed by atoms with Gasteiger partial charge in [0.25, 0.3) is 0 Å². The zero-order valence-corrected chi connectivity index (χ0v) is 29.7. The number of amides is 2. The molecule has 0 radical (unpaired) electrons. The van der Waals surface area contributed by atoms with Crippen molar-refractivity contribution in [2.75, 3.05) is 12.4 Å². The molecule has 274 valence electrons. The molecule has 2 fully saturated rings. The molecule has 1 unspecified atom stereocenters. The van der Waals surface area contributed by atoms with Crippen LogP contribution in [0.2, 0.25) is 0 Å². The molecule has 0 saturated carbocycles. The van der Waals surface area contributed by atoms with Crippen LogP contribution in [-0.2, 0) is 19.0 Å². The largest absolute Gasteiger partial charge is 0.459 e. The number of benzene rings is 1. The van der Waals surface area contributed by atoms with E-state index in [1.54, 1.807) is 65.9 Å². The number of nitrogens with one attached hydrogen (secondary N) is 1. The van der Waals surface area contributed by atoms with E-state index >= 15 is 0 Å². The maximum absolute atomic E-state index is 13.3. The molecule has 0 bridgehead atoms. The summed E-state index contributed by atoms with van der Waals surface area (Å²) >= 11 is 0. The Kier molecular flexibility index (Phi) is 13.5. The number of rotatable bonds is 5. The Morgan fingerprint density at radius 3 is 2.17 bits per heavy atom. The number of hydrogen-bond acceptors (Lipinski definition) is 11. The summed E-state index contributed by atoms with van der Waals surface area (Å²) in [7, 11) is 1.55. The van der Waals surface area contributed by atoms with Crippen LogP contribution >= 0.6 is 0 Å². The number of cyclic esters (lactones) is 1. The van der Waals surface area contributed by atoms with E-state index < -0.39 is 102 Å². The first-order chi connectivity index (χ1) is 22.2. The van der Waals surface area contributed by atoms with Gasteiger partial charge < -0.3 is 55.1 Å². The summed E-state index contributed by atoms with van der Waals surface area (Å²) in [6, 6.07) is 7.67. The lowest BCUT2D eigenvalue weighted by Gasteiger charge is -2.47. The van der Waals surface area contributed by atoms with Gasteiger partial charge in [0.05, 0.1) is 48.1 Å². The number of likely N-dealkylation sites (N-methyl/N-ethyl adjacent to an activating group) is 1. The van der Waals surface area contributed by atoms with E-state index in [1.165, 1.54) is 25.7 Å². The first-order valence-electron chi connectivity index (χ1n) is 17.0. The van der Waals surface area contributed by atoms with Gasteiger partial charge in [-0.05, 0) is 65.0 Å². The van der Waals surface area contributed by atoms with Gasteiger partial charge in [0.15, 0.2) is 6.29 Å². The van der Waals surface area contributed by atoms with Gasteiger partial charge in [0, 0.05) is 24.6 Å². The number of aliphatic hydroxyl groups is 6. The molecule has 1 aromatic carbocycles. The zero-order chi connectivity index (χ0) is 36.3. The molecule has 3 rings (SSSR count). The number of para-hydroxylation sites is 1. The molecule has 7 N–H and O–H groups in total. The van der Waals surface area contributed by atoms with Gasteiger partial charge in [-0.2, -0.15) is 0 Å². The lowest BCUT2D eigenvalue weighted by molar-refractivity contribution is -0.299. The summed E-state index contributed by atoms with van der Waals surface area (Å²) in [5.74, 6) is -4.49. The monoisotopic (exact) mass is 682 g/mol. The quantitative estimate of drug-likeness (QED) is 0.225. The molecular formula is C35H58N2O11. The van der Waals surface area contributed by atoms with E-state index in [4.69, 9.17) is 14.2 Å². The Bertz CT molecular complexity index is 1200. The Labute approximate surface area is 284 Å². The lowest BCUT2D eigenvalue weighted by atomic mass is 9.73. The summed E-state index contributed by atoms with van der Waals surface area (Å²) in [6.07, 6.45) is -9.41. The molecule has 0 spiro atoms. The second kappa shape index (κ2) is 16.1. The molecule has 15 atom stereocenters. The van der Waals surface area contributed by atoms with Crippen molar-refractivity contribution in [1.82, 2.24) is 4.90 Å². The second-order valence-corrected chi connectivity index (χ2v) is 14.6. The molecule has 48 heavy (non-hydrogen) atoms. The van der Waals surface area contributed by atoms with Gasteiger partial charge in [-0.1, -0.05) is 45.9 Å². The third-order valence-corrected chi connectivity index (χ3v) is 10.5. The van der Waals surface area contributed by atoms with Crippen LogP contribution in [-0.4, -0.2) is 121 Å². The summed E-state index contributed by atoms with van der Waals surface area (Å²) in [4.78, 5) is 27.8. The van der Waals surface area contributed by atoms with E-state index in [-0.39, 0.29) is 19.3 Å². The molecule has 0 aliphatic carbocycles. The topological polar surface area (TPSA) is 198 Å². The van der Waals surface area contributed by atoms with Gasteiger partial charge in [0.1, 0.15) is 17.8 Å². The fourth-order valence-corrected chi connectivity index (χ4v) is 7.34. The highest BCUT2D eigenvalue weighted by atomic mass is 16.7. The fourth-order valence-electron chi connectivity index (χ4n) is 7.34. The van der Waals surface area contributed by atoms with Crippen molar-refractivity contribution in [3.05, 3.63) is 30.3 Å². The average Bonchev–Trinajstić information content (AvgIpc) is 3.04. The Morgan fingerprint density at radius 1 is 0.979 bits per heavy atom. The maximum atomic E-state index is 13.3.